The first-order valence-electron chi connectivity index (χ1n) is 4.02. The van der Waals surface area contributed by atoms with Crippen LogP contribution < -0.4 is 0 Å². The van der Waals surface area contributed by atoms with Gasteiger partial charge in [0.1, 0.15) is 0 Å². The maximum absolute atomic E-state index is 10.8. The molecule has 0 atom stereocenters. The van der Waals surface area contributed by atoms with Crippen LogP contribution in [0.3, 0.4) is 0 Å². The predicted octanol–water partition coefficient (Wildman–Crippen LogP) is 1.11. The molecule has 0 heterocycles. The van der Waals surface area contributed by atoms with Crippen molar-refractivity contribution in [2.45, 2.75) is 32.1 Å². The van der Waals surface area contributed by atoms with Gasteiger partial charge in [-0.1, -0.05) is 12.8 Å². The number of hydrogen-bond donors (Lipinski definition) is 2. The largest absolute Gasteiger partial charge is 0.481 e. The van der Waals surface area contributed by atoms with Gasteiger partial charge >= 0.3 is 11.9 Å². The highest BCUT2D eigenvalue weighted by Crippen LogP contribution is 2.41. The molecule has 0 aromatic heterocycles. The molecular formula is C8H12O4. The number of aliphatic carboxylic acids is 2. The summed E-state index contributed by atoms with van der Waals surface area (Å²) in [5, 5.41) is 17.4. The van der Waals surface area contributed by atoms with Crippen molar-refractivity contribution in [1.29, 1.82) is 0 Å². The van der Waals surface area contributed by atoms with Crippen LogP contribution in [0.15, 0.2) is 0 Å². The minimum absolute atomic E-state index is 0.234. The molecule has 0 unspecified atom stereocenters. The van der Waals surface area contributed by atoms with Gasteiger partial charge in [-0.2, -0.15) is 0 Å². The Bertz CT molecular complexity index is 203. The Balaban J connectivity index is 2.72. The highest BCUT2D eigenvalue weighted by Gasteiger charge is 2.42. The van der Waals surface area contributed by atoms with Crippen molar-refractivity contribution in [3.8, 4) is 0 Å². The van der Waals surface area contributed by atoms with Crippen molar-refractivity contribution < 1.29 is 19.8 Å². The monoisotopic (exact) mass is 172 g/mol. The van der Waals surface area contributed by atoms with Gasteiger partial charge in [0.15, 0.2) is 0 Å². The van der Waals surface area contributed by atoms with Crippen molar-refractivity contribution in [3.05, 3.63) is 0 Å². The van der Waals surface area contributed by atoms with Gasteiger partial charge in [0.25, 0.3) is 0 Å². The lowest BCUT2D eigenvalue weighted by Gasteiger charge is -2.20. The van der Waals surface area contributed by atoms with Crippen LogP contribution in [-0.2, 0) is 9.59 Å². The van der Waals surface area contributed by atoms with E-state index in [-0.39, 0.29) is 6.42 Å². The molecule has 0 aromatic carbocycles. The van der Waals surface area contributed by atoms with Gasteiger partial charge < -0.3 is 10.2 Å². The first-order valence-corrected chi connectivity index (χ1v) is 4.02. The van der Waals surface area contributed by atoms with Gasteiger partial charge in [-0.05, 0) is 12.8 Å². The summed E-state index contributed by atoms with van der Waals surface area (Å²) in [5.74, 6) is -1.97. The van der Waals surface area contributed by atoms with Crippen LogP contribution in [0.4, 0.5) is 0 Å². The lowest BCUT2D eigenvalue weighted by molar-refractivity contribution is -0.155. The van der Waals surface area contributed by atoms with Gasteiger partial charge in [0, 0.05) is 0 Å². The summed E-state index contributed by atoms with van der Waals surface area (Å²) < 4.78 is 0. The third kappa shape index (κ3) is 1.57. The van der Waals surface area contributed by atoms with E-state index in [9.17, 15) is 9.59 Å². The van der Waals surface area contributed by atoms with Crippen LogP contribution in [0.25, 0.3) is 0 Å². The first-order chi connectivity index (χ1) is 5.57. The molecule has 1 rings (SSSR count). The molecule has 4 nitrogen and oxygen atoms in total. The third-order valence-corrected chi connectivity index (χ3v) is 2.50. The summed E-state index contributed by atoms with van der Waals surface area (Å²) in [6.45, 7) is 0. The molecule has 12 heavy (non-hydrogen) atoms. The molecule has 0 amide bonds. The van der Waals surface area contributed by atoms with E-state index >= 15 is 0 Å². The van der Waals surface area contributed by atoms with E-state index in [1.807, 2.05) is 0 Å². The standard InChI is InChI=1S/C8H12O4/c9-6(10)5-8(7(11)12)3-1-2-4-8/h1-5H2,(H,9,10)(H,11,12). The fraction of sp³-hybridized carbons (Fsp3) is 0.750. The highest BCUT2D eigenvalue weighted by molar-refractivity contribution is 5.81. The third-order valence-electron chi connectivity index (χ3n) is 2.50. The molecule has 0 radical (unpaired) electrons. The molecular weight excluding hydrogens is 160 g/mol. The first kappa shape index (κ1) is 9.03. The quantitative estimate of drug-likeness (QED) is 0.668. The average molecular weight is 172 g/mol. The summed E-state index contributed by atoms with van der Waals surface area (Å²) in [7, 11) is 0. The molecule has 1 saturated carbocycles. The maximum Gasteiger partial charge on any atom is 0.310 e. The number of carboxylic acids is 2. The second kappa shape index (κ2) is 3.13. The van der Waals surface area contributed by atoms with E-state index in [0.717, 1.165) is 12.8 Å². The Morgan fingerprint density at radius 2 is 1.67 bits per heavy atom. The van der Waals surface area contributed by atoms with Crippen molar-refractivity contribution >= 4 is 11.9 Å². The lowest BCUT2D eigenvalue weighted by Crippen LogP contribution is -2.30. The van der Waals surface area contributed by atoms with Gasteiger partial charge in [0.2, 0.25) is 0 Å². The van der Waals surface area contributed by atoms with Crippen LogP contribution in [0.1, 0.15) is 32.1 Å². The van der Waals surface area contributed by atoms with Crippen molar-refractivity contribution in [2.75, 3.05) is 0 Å². The molecule has 0 spiro atoms. The average Bonchev–Trinajstić information content (AvgIpc) is 2.35. The minimum atomic E-state index is -1.01. The van der Waals surface area contributed by atoms with Crippen molar-refractivity contribution in [1.82, 2.24) is 0 Å². The SMILES string of the molecule is O=C(O)CC1(C(=O)O)CCCC1. The summed E-state index contributed by atoms with van der Waals surface area (Å²) in [5.41, 5.74) is -0.966. The number of carboxylic acid groups (broad SMARTS) is 2. The van der Waals surface area contributed by atoms with Crippen molar-refractivity contribution in [3.63, 3.8) is 0 Å². The Labute approximate surface area is 70.2 Å². The number of hydrogen-bond acceptors (Lipinski definition) is 2. The van der Waals surface area contributed by atoms with Crippen LogP contribution in [0.2, 0.25) is 0 Å². The normalized spacial score (nSPS) is 20.7. The molecule has 1 fully saturated rings. The molecule has 1 aliphatic rings. The van der Waals surface area contributed by atoms with Gasteiger partial charge in [0.05, 0.1) is 11.8 Å². The molecule has 0 bridgehead atoms. The second-order valence-electron chi connectivity index (χ2n) is 3.36. The molecule has 0 saturated heterocycles. The van der Waals surface area contributed by atoms with E-state index in [0.29, 0.717) is 12.8 Å². The van der Waals surface area contributed by atoms with Gasteiger partial charge in [-0.15, -0.1) is 0 Å². The zero-order valence-electron chi connectivity index (χ0n) is 6.75. The molecule has 4 heteroatoms. The number of carbonyl (C=O) groups is 2. The minimum Gasteiger partial charge on any atom is -0.481 e. The van der Waals surface area contributed by atoms with Crippen molar-refractivity contribution in [2.24, 2.45) is 5.41 Å². The molecule has 68 valence electrons. The predicted molar refractivity (Wildman–Crippen MR) is 40.8 cm³/mol. The Kier molecular flexibility index (Phi) is 2.35. The van der Waals surface area contributed by atoms with Crippen LogP contribution in [0.5, 0.6) is 0 Å². The molecule has 2 N–H and O–H groups in total. The van der Waals surface area contributed by atoms with Crippen LogP contribution in [0, 0.1) is 5.41 Å². The number of rotatable bonds is 3. The topological polar surface area (TPSA) is 74.6 Å². The smallest absolute Gasteiger partial charge is 0.310 e. The van der Waals surface area contributed by atoms with Crippen LogP contribution in [-0.4, -0.2) is 22.2 Å². The second-order valence-corrected chi connectivity index (χ2v) is 3.36. The Morgan fingerprint density at radius 3 is 2.00 bits per heavy atom. The zero-order valence-corrected chi connectivity index (χ0v) is 6.75. The summed E-state index contributed by atoms with van der Waals surface area (Å²) in [6, 6.07) is 0. The van der Waals surface area contributed by atoms with Crippen LogP contribution >= 0.6 is 0 Å². The fourth-order valence-corrected chi connectivity index (χ4v) is 1.81. The summed E-state index contributed by atoms with van der Waals surface area (Å²) >= 11 is 0. The van der Waals surface area contributed by atoms with Gasteiger partial charge in [-0.3, -0.25) is 9.59 Å². The zero-order chi connectivity index (χ0) is 9.19. The van der Waals surface area contributed by atoms with E-state index in [1.165, 1.54) is 0 Å². The van der Waals surface area contributed by atoms with E-state index in [4.69, 9.17) is 10.2 Å². The summed E-state index contributed by atoms with van der Waals surface area (Å²) in [6.07, 6.45) is 2.45. The summed E-state index contributed by atoms with van der Waals surface area (Å²) in [4.78, 5) is 21.2. The van der Waals surface area contributed by atoms with E-state index < -0.39 is 17.4 Å². The van der Waals surface area contributed by atoms with Gasteiger partial charge in [-0.25, -0.2) is 0 Å². The Morgan fingerprint density at radius 1 is 1.17 bits per heavy atom. The highest BCUT2D eigenvalue weighted by atomic mass is 16.4. The lowest BCUT2D eigenvalue weighted by atomic mass is 9.83. The molecule has 0 aromatic rings. The molecule has 1 aliphatic carbocycles. The van der Waals surface area contributed by atoms with E-state index in [2.05, 4.69) is 0 Å². The fourth-order valence-electron chi connectivity index (χ4n) is 1.81. The van der Waals surface area contributed by atoms with E-state index in [1.54, 1.807) is 0 Å². The maximum atomic E-state index is 10.8. The molecule has 0 aliphatic heterocycles. The Hall–Kier alpha value is -1.06.